The highest BCUT2D eigenvalue weighted by atomic mass is 32.1. The Labute approximate surface area is 131 Å². The molecule has 0 bridgehead atoms. The summed E-state index contributed by atoms with van der Waals surface area (Å²) >= 11 is 1.52. The Hall–Kier alpha value is -2.02. The molecule has 2 atom stereocenters. The molecule has 1 aromatic heterocycles. The smallest absolute Gasteiger partial charge is 0.315 e. The fourth-order valence-electron chi connectivity index (χ4n) is 1.99. The maximum Gasteiger partial charge on any atom is 0.315 e. The number of rotatable bonds is 5. The SMILES string of the molecule is C[C@H](CNC(=O)N[C@@H](C)c1cccc(F)c1F)c1nccs1. The number of carbonyl (C=O) groups is 1. The van der Waals surface area contributed by atoms with Crippen LogP contribution in [-0.4, -0.2) is 17.6 Å². The number of thiazole rings is 1. The first-order chi connectivity index (χ1) is 10.5. The number of urea groups is 1. The molecule has 22 heavy (non-hydrogen) atoms. The van der Waals surface area contributed by atoms with Crippen LogP contribution in [0.4, 0.5) is 13.6 Å². The molecule has 7 heteroatoms. The van der Waals surface area contributed by atoms with Crippen LogP contribution in [-0.2, 0) is 0 Å². The molecular formula is C15H17F2N3OS. The van der Waals surface area contributed by atoms with E-state index in [0.717, 1.165) is 11.1 Å². The zero-order chi connectivity index (χ0) is 16.1. The zero-order valence-electron chi connectivity index (χ0n) is 12.3. The van der Waals surface area contributed by atoms with Crippen LogP contribution < -0.4 is 10.6 Å². The number of halogens is 2. The lowest BCUT2D eigenvalue weighted by Gasteiger charge is -2.17. The summed E-state index contributed by atoms with van der Waals surface area (Å²) in [5, 5.41) is 8.11. The fourth-order valence-corrected chi connectivity index (χ4v) is 2.69. The Balaban J connectivity index is 1.87. The molecule has 2 rings (SSSR count). The van der Waals surface area contributed by atoms with E-state index in [4.69, 9.17) is 0 Å². The minimum absolute atomic E-state index is 0.0898. The number of nitrogens with one attached hydrogen (secondary N) is 2. The van der Waals surface area contributed by atoms with Crippen molar-refractivity contribution in [3.63, 3.8) is 0 Å². The summed E-state index contributed by atoms with van der Waals surface area (Å²) in [6, 6.07) is 2.84. The van der Waals surface area contributed by atoms with E-state index in [1.54, 1.807) is 13.1 Å². The molecule has 0 aliphatic rings. The molecule has 0 aliphatic heterocycles. The summed E-state index contributed by atoms with van der Waals surface area (Å²) in [5.74, 6) is -1.78. The number of benzene rings is 1. The van der Waals surface area contributed by atoms with Gasteiger partial charge in [-0.1, -0.05) is 19.1 Å². The van der Waals surface area contributed by atoms with Crippen LogP contribution in [0, 0.1) is 11.6 Å². The molecule has 2 amide bonds. The van der Waals surface area contributed by atoms with E-state index in [1.165, 1.54) is 23.5 Å². The zero-order valence-corrected chi connectivity index (χ0v) is 13.1. The molecule has 0 radical (unpaired) electrons. The molecule has 0 saturated carbocycles. The highest BCUT2D eigenvalue weighted by Gasteiger charge is 2.16. The van der Waals surface area contributed by atoms with Gasteiger partial charge in [0.2, 0.25) is 0 Å². The average molecular weight is 325 g/mol. The monoisotopic (exact) mass is 325 g/mol. The summed E-state index contributed by atoms with van der Waals surface area (Å²) < 4.78 is 26.8. The molecule has 1 aromatic carbocycles. The molecule has 0 aliphatic carbocycles. The number of nitrogens with zero attached hydrogens (tertiary/aromatic N) is 1. The molecular weight excluding hydrogens is 308 g/mol. The van der Waals surface area contributed by atoms with E-state index in [2.05, 4.69) is 15.6 Å². The Morgan fingerprint density at radius 3 is 2.82 bits per heavy atom. The van der Waals surface area contributed by atoms with Crippen LogP contribution in [0.2, 0.25) is 0 Å². The van der Waals surface area contributed by atoms with Gasteiger partial charge < -0.3 is 10.6 Å². The predicted octanol–water partition coefficient (Wildman–Crippen LogP) is 3.59. The van der Waals surface area contributed by atoms with Gasteiger partial charge in [-0.2, -0.15) is 0 Å². The van der Waals surface area contributed by atoms with E-state index in [0.29, 0.717) is 6.54 Å². The van der Waals surface area contributed by atoms with E-state index in [-0.39, 0.29) is 11.5 Å². The lowest BCUT2D eigenvalue weighted by molar-refractivity contribution is 0.237. The van der Waals surface area contributed by atoms with Crippen molar-refractivity contribution in [1.29, 1.82) is 0 Å². The second-order valence-corrected chi connectivity index (χ2v) is 5.92. The van der Waals surface area contributed by atoms with Crippen LogP contribution in [0.15, 0.2) is 29.8 Å². The number of hydrogen-bond acceptors (Lipinski definition) is 3. The molecule has 0 fully saturated rings. The van der Waals surface area contributed by atoms with Gasteiger partial charge in [-0.05, 0) is 13.0 Å². The van der Waals surface area contributed by atoms with Gasteiger partial charge >= 0.3 is 6.03 Å². The van der Waals surface area contributed by atoms with Crippen LogP contribution in [0.3, 0.4) is 0 Å². The highest BCUT2D eigenvalue weighted by Crippen LogP contribution is 2.19. The minimum atomic E-state index is -0.938. The van der Waals surface area contributed by atoms with Gasteiger partial charge in [-0.25, -0.2) is 18.6 Å². The Bertz CT molecular complexity index is 634. The highest BCUT2D eigenvalue weighted by molar-refractivity contribution is 7.09. The summed E-state index contributed by atoms with van der Waals surface area (Å²) in [5.41, 5.74) is 0.114. The van der Waals surface area contributed by atoms with Gasteiger partial charge in [0.05, 0.1) is 11.0 Å². The van der Waals surface area contributed by atoms with Crippen molar-refractivity contribution in [2.75, 3.05) is 6.54 Å². The van der Waals surface area contributed by atoms with E-state index in [9.17, 15) is 13.6 Å². The van der Waals surface area contributed by atoms with Crippen molar-refractivity contribution in [1.82, 2.24) is 15.6 Å². The molecule has 1 heterocycles. The number of amides is 2. The van der Waals surface area contributed by atoms with Crippen LogP contribution in [0.5, 0.6) is 0 Å². The first-order valence-electron chi connectivity index (χ1n) is 6.86. The summed E-state index contributed by atoms with van der Waals surface area (Å²) in [7, 11) is 0. The maximum absolute atomic E-state index is 13.6. The minimum Gasteiger partial charge on any atom is -0.337 e. The van der Waals surface area contributed by atoms with Gasteiger partial charge in [0, 0.05) is 29.6 Å². The molecule has 118 valence electrons. The maximum atomic E-state index is 13.6. The van der Waals surface area contributed by atoms with Crippen LogP contribution in [0.25, 0.3) is 0 Å². The largest absolute Gasteiger partial charge is 0.337 e. The van der Waals surface area contributed by atoms with E-state index >= 15 is 0 Å². The average Bonchev–Trinajstić information content (AvgIpc) is 3.01. The Kier molecular flexibility index (Phi) is 5.43. The van der Waals surface area contributed by atoms with Crippen molar-refractivity contribution < 1.29 is 13.6 Å². The van der Waals surface area contributed by atoms with E-state index in [1.807, 2.05) is 12.3 Å². The summed E-state index contributed by atoms with van der Waals surface area (Å²) in [4.78, 5) is 16.0. The normalized spacial score (nSPS) is 13.5. The number of hydrogen-bond donors (Lipinski definition) is 2. The standard InChI is InChI=1S/C15H17F2N3OS/c1-9(14-18-6-7-22-14)8-19-15(21)20-10(2)11-4-3-5-12(16)13(11)17/h3-7,9-10H,8H2,1-2H3,(H2,19,20,21)/t9-,10+/m1/s1. The lowest BCUT2D eigenvalue weighted by Crippen LogP contribution is -2.39. The van der Waals surface area contributed by atoms with Gasteiger partial charge in [0.15, 0.2) is 11.6 Å². The van der Waals surface area contributed by atoms with Crippen molar-refractivity contribution in [2.24, 2.45) is 0 Å². The second kappa shape index (κ2) is 7.31. The molecule has 0 saturated heterocycles. The van der Waals surface area contributed by atoms with Gasteiger partial charge in [-0.15, -0.1) is 11.3 Å². The van der Waals surface area contributed by atoms with Crippen molar-refractivity contribution in [3.05, 3.63) is 52.0 Å². The van der Waals surface area contributed by atoms with Crippen LogP contribution >= 0.6 is 11.3 Å². The van der Waals surface area contributed by atoms with Crippen LogP contribution in [0.1, 0.15) is 36.4 Å². The van der Waals surface area contributed by atoms with Crippen molar-refractivity contribution in [3.8, 4) is 0 Å². The first-order valence-corrected chi connectivity index (χ1v) is 7.74. The lowest BCUT2D eigenvalue weighted by atomic mass is 10.1. The molecule has 2 N–H and O–H groups in total. The third-order valence-electron chi connectivity index (χ3n) is 3.24. The second-order valence-electron chi connectivity index (χ2n) is 4.99. The van der Waals surface area contributed by atoms with Crippen molar-refractivity contribution >= 4 is 17.4 Å². The predicted molar refractivity (Wildman–Crippen MR) is 81.8 cm³/mol. The van der Waals surface area contributed by atoms with E-state index < -0.39 is 23.7 Å². The Morgan fingerprint density at radius 1 is 1.36 bits per heavy atom. The quantitative estimate of drug-likeness (QED) is 0.883. The first kappa shape index (κ1) is 16.4. The third-order valence-corrected chi connectivity index (χ3v) is 4.24. The Morgan fingerprint density at radius 2 is 2.14 bits per heavy atom. The molecule has 0 spiro atoms. The van der Waals surface area contributed by atoms with Gasteiger partial charge in [0.1, 0.15) is 0 Å². The van der Waals surface area contributed by atoms with Gasteiger partial charge in [-0.3, -0.25) is 0 Å². The third kappa shape index (κ3) is 4.00. The number of carbonyl (C=O) groups excluding carboxylic acids is 1. The molecule has 4 nitrogen and oxygen atoms in total. The topological polar surface area (TPSA) is 54.0 Å². The molecule has 0 unspecified atom stereocenters. The summed E-state index contributed by atoms with van der Waals surface area (Å²) in [6.07, 6.45) is 1.71. The van der Waals surface area contributed by atoms with Crippen molar-refractivity contribution in [2.45, 2.75) is 25.8 Å². The fraction of sp³-hybridized carbons (Fsp3) is 0.333. The number of aromatic nitrogens is 1. The van der Waals surface area contributed by atoms with Gasteiger partial charge in [0.25, 0.3) is 0 Å². The molecule has 2 aromatic rings. The summed E-state index contributed by atoms with van der Waals surface area (Å²) in [6.45, 7) is 3.97.